The Hall–Kier alpha value is -3.87. The van der Waals surface area contributed by atoms with Crippen LogP contribution in [0.2, 0.25) is 0 Å². The van der Waals surface area contributed by atoms with Crippen LogP contribution in [0.3, 0.4) is 0 Å². The summed E-state index contributed by atoms with van der Waals surface area (Å²) in [7, 11) is 1.50. The number of rotatable bonds is 6. The van der Waals surface area contributed by atoms with Crippen molar-refractivity contribution < 1.29 is 23.8 Å². The molecule has 0 saturated carbocycles. The van der Waals surface area contributed by atoms with E-state index in [-0.39, 0.29) is 5.56 Å². The maximum Gasteiger partial charge on any atom is 0.335 e. The fourth-order valence-corrected chi connectivity index (χ4v) is 2.56. The number of aryl methyl sites for hydroxylation is 1. The number of amides is 1. The number of nitrogens with one attached hydrogen (secondary N) is 1. The van der Waals surface area contributed by atoms with E-state index in [1.165, 1.54) is 25.5 Å². The van der Waals surface area contributed by atoms with Crippen LogP contribution in [0.25, 0.3) is 11.3 Å². The third-order valence-electron chi connectivity index (χ3n) is 4.00. The summed E-state index contributed by atoms with van der Waals surface area (Å²) in [4.78, 5) is 23.2. The van der Waals surface area contributed by atoms with E-state index in [0.717, 1.165) is 11.1 Å². The van der Waals surface area contributed by atoms with Gasteiger partial charge in [-0.05, 0) is 48.9 Å². The number of carboxylic acid groups (broad SMARTS) is 1. The van der Waals surface area contributed by atoms with Crippen LogP contribution < -0.4 is 10.2 Å². The predicted octanol–water partition coefficient (Wildman–Crippen LogP) is 3.73. The molecule has 0 spiro atoms. The fraction of sp³-hybridized carbons (Fsp3) is 0.0952. The van der Waals surface area contributed by atoms with Crippen molar-refractivity contribution in [2.75, 3.05) is 7.11 Å². The zero-order valence-electron chi connectivity index (χ0n) is 15.3. The van der Waals surface area contributed by atoms with E-state index < -0.39 is 11.9 Å². The molecule has 7 nitrogen and oxygen atoms in total. The first-order valence-electron chi connectivity index (χ1n) is 8.39. The standard InChI is InChI=1S/C21H18N2O5/c1-13-3-9-17(19(11-13)27-2)20(24)23-22-12-16-8-10-18(28-16)14-4-6-15(7-5-14)21(25)26/h3-12H,1-2H3,(H,23,24)(H,25,26)/b22-12+. The molecule has 2 aromatic carbocycles. The van der Waals surface area contributed by atoms with Gasteiger partial charge in [0.15, 0.2) is 0 Å². The Morgan fingerprint density at radius 1 is 1.11 bits per heavy atom. The van der Waals surface area contributed by atoms with Gasteiger partial charge in [-0.25, -0.2) is 10.2 Å². The number of methoxy groups -OCH3 is 1. The first-order valence-corrected chi connectivity index (χ1v) is 8.39. The number of furan rings is 1. The van der Waals surface area contributed by atoms with E-state index in [0.29, 0.717) is 22.8 Å². The zero-order chi connectivity index (χ0) is 20.1. The van der Waals surface area contributed by atoms with E-state index in [1.807, 2.05) is 13.0 Å². The molecular formula is C21H18N2O5. The van der Waals surface area contributed by atoms with E-state index in [4.69, 9.17) is 14.3 Å². The molecule has 0 fully saturated rings. The van der Waals surface area contributed by atoms with Crippen LogP contribution in [0.1, 0.15) is 32.0 Å². The van der Waals surface area contributed by atoms with Crippen LogP contribution >= 0.6 is 0 Å². The number of benzene rings is 2. The second kappa shape index (κ2) is 8.22. The highest BCUT2D eigenvalue weighted by Crippen LogP contribution is 2.22. The van der Waals surface area contributed by atoms with Gasteiger partial charge < -0.3 is 14.3 Å². The third kappa shape index (κ3) is 4.27. The van der Waals surface area contributed by atoms with Gasteiger partial charge in [0.1, 0.15) is 17.3 Å². The Morgan fingerprint density at radius 3 is 2.54 bits per heavy atom. The summed E-state index contributed by atoms with van der Waals surface area (Å²) in [6, 6.07) is 15.0. The minimum Gasteiger partial charge on any atom is -0.496 e. The average molecular weight is 378 g/mol. The molecule has 1 amide bonds. The highest BCUT2D eigenvalue weighted by molar-refractivity contribution is 5.97. The lowest BCUT2D eigenvalue weighted by Gasteiger charge is -2.07. The van der Waals surface area contributed by atoms with Gasteiger partial charge in [0, 0.05) is 5.56 Å². The van der Waals surface area contributed by atoms with Crippen LogP contribution in [0.5, 0.6) is 5.75 Å². The molecule has 0 saturated heterocycles. The summed E-state index contributed by atoms with van der Waals surface area (Å²) in [6.45, 7) is 1.91. The van der Waals surface area contributed by atoms with E-state index >= 15 is 0 Å². The Morgan fingerprint density at radius 2 is 1.86 bits per heavy atom. The third-order valence-corrected chi connectivity index (χ3v) is 4.00. The number of nitrogens with zero attached hydrogens (tertiary/aromatic N) is 1. The first kappa shape index (κ1) is 18.9. The number of ether oxygens (including phenoxy) is 1. The monoisotopic (exact) mass is 378 g/mol. The van der Waals surface area contributed by atoms with Gasteiger partial charge in [-0.15, -0.1) is 0 Å². The molecular weight excluding hydrogens is 360 g/mol. The number of aromatic carboxylic acids is 1. The Kier molecular flexibility index (Phi) is 5.55. The molecule has 0 atom stereocenters. The van der Waals surface area contributed by atoms with Gasteiger partial charge in [0.2, 0.25) is 0 Å². The van der Waals surface area contributed by atoms with E-state index in [1.54, 1.807) is 36.4 Å². The number of hydrogen-bond acceptors (Lipinski definition) is 5. The van der Waals surface area contributed by atoms with Crippen molar-refractivity contribution in [1.29, 1.82) is 0 Å². The van der Waals surface area contributed by atoms with Crippen LogP contribution in [-0.4, -0.2) is 30.3 Å². The summed E-state index contributed by atoms with van der Waals surface area (Å²) in [5, 5.41) is 12.8. The van der Waals surface area contributed by atoms with Crippen LogP contribution in [0.4, 0.5) is 0 Å². The SMILES string of the molecule is COc1cc(C)ccc1C(=O)N/N=C/c1ccc(-c2ccc(C(=O)O)cc2)o1. The van der Waals surface area contributed by atoms with E-state index in [2.05, 4.69) is 10.5 Å². The summed E-state index contributed by atoms with van der Waals surface area (Å²) in [5.74, 6) is 0.0834. The lowest BCUT2D eigenvalue weighted by atomic mass is 10.1. The summed E-state index contributed by atoms with van der Waals surface area (Å²) >= 11 is 0. The minimum absolute atomic E-state index is 0.200. The number of hydrazone groups is 1. The van der Waals surface area contributed by atoms with Crippen molar-refractivity contribution in [3.8, 4) is 17.1 Å². The Labute approximate surface area is 161 Å². The van der Waals surface area contributed by atoms with Crippen molar-refractivity contribution in [3.05, 3.63) is 77.0 Å². The molecule has 0 aliphatic rings. The molecule has 0 bridgehead atoms. The van der Waals surface area contributed by atoms with Gasteiger partial charge in [-0.2, -0.15) is 5.10 Å². The van der Waals surface area contributed by atoms with Crippen molar-refractivity contribution in [2.45, 2.75) is 6.92 Å². The number of hydrogen-bond donors (Lipinski definition) is 2. The van der Waals surface area contributed by atoms with Crippen molar-refractivity contribution in [3.63, 3.8) is 0 Å². The van der Waals surface area contributed by atoms with Gasteiger partial charge in [-0.3, -0.25) is 4.79 Å². The zero-order valence-corrected chi connectivity index (χ0v) is 15.3. The molecule has 0 aliphatic heterocycles. The molecule has 0 aliphatic carbocycles. The first-order chi connectivity index (χ1) is 13.5. The van der Waals surface area contributed by atoms with Crippen LogP contribution in [0, 0.1) is 6.92 Å². The molecule has 0 unspecified atom stereocenters. The molecule has 7 heteroatoms. The highest BCUT2D eigenvalue weighted by atomic mass is 16.5. The summed E-state index contributed by atoms with van der Waals surface area (Å²) in [6.07, 6.45) is 1.38. The normalized spacial score (nSPS) is 10.8. The molecule has 142 valence electrons. The second-order valence-electron chi connectivity index (χ2n) is 5.99. The maximum absolute atomic E-state index is 12.3. The lowest BCUT2D eigenvalue weighted by molar-refractivity contribution is 0.0696. The predicted molar refractivity (Wildman–Crippen MR) is 104 cm³/mol. The lowest BCUT2D eigenvalue weighted by Crippen LogP contribution is -2.18. The maximum atomic E-state index is 12.3. The fourth-order valence-electron chi connectivity index (χ4n) is 2.56. The molecule has 2 N–H and O–H groups in total. The molecule has 3 rings (SSSR count). The molecule has 1 heterocycles. The molecule has 3 aromatic rings. The van der Waals surface area contributed by atoms with Gasteiger partial charge in [-0.1, -0.05) is 18.2 Å². The summed E-state index contributed by atoms with van der Waals surface area (Å²) in [5.41, 5.74) is 4.73. The van der Waals surface area contributed by atoms with Gasteiger partial charge in [0.05, 0.1) is 24.5 Å². The highest BCUT2D eigenvalue weighted by Gasteiger charge is 2.11. The number of carbonyl (C=O) groups is 2. The van der Waals surface area contributed by atoms with Gasteiger partial charge in [0.25, 0.3) is 5.91 Å². The van der Waals surface area contributed by atoms with Crippen molar-refractivity contribution in [2.24, 2.45) is 5.10 Å². The quantitative estimate of drug-likeness (QED) is 0.503. The minimum atomic E-state index is -0.986. The topological polar surface area (TPSA) is 101 Å². The molecule has 28 heavy (non-hydrogen) atoms. The van der Waals surface area contributed by atoms with Crippen molar-refractivity contribution in [1.82, 2.24) is 5.43 Å². The number of carboxylic acids is 1. The Balaban J connectivity index is 1.67. The largest absolute Gasteiger partial charge is 0.496 e. The molecule has 0 radical (unpaired) electrons. The number of carbonyl (C=O) groups excluding carboxylic acids is 1. The summed E-state index contributed by atoms with van der Waals surface area (Å²) < 4.78 is 10.9. The van der Waals surface area contributed by atoms with Crippen LogP contribution in [0.15, 0.2) is 64.1 Å². The van der Waals surface area contributed by atoms with Crippen LogP contribution in [-0.2, 0) is 0 Å². The Bertz CT molecular complexity index is 1040. The van der Waals surface area contributed by atoms with E-state index in [9.17, 15) is 9.59 Å². The van der Waals surface area contributed by atoms with Gasteiger partial charge >= 0.3 is 5.97 Å². The van der Waals surface area contributed by atoms with Crippen molar-refractivity contribution >= 4 is 18.1 Å². The average Bonchev–Trinajstić information content (AvgIpc) is 3.16. The second-order valence-corrected chi connectivity index (χ2v) is 5.99. The molecule has 1 aromatic heterocycles. The smallest absolute Gasteiger partial charge is 0.335 e.